The molecule has 26 heavy (non-hydrogen) atoms. The standard InChI is InChI=1S/C19H16F2N4O/c1-11-3-6-14(7-4-11)24-18-10-17(22-12(2)23-18)19(26)25-16-8-5-13(20)9-15(16)21/h3-10H,1-2H3,(H,25,26)(H,22,23,24). The van der Waals surface area contributed by atoms with Gasteiger partial charge in [0.2, 0.25) is 0 Å². The minimum Gasteiger partial charge on any atom is -0.340 e. The summed E-state index contributed by atoms with van der Waals surface area (Å²) in [6, 6.07) is 12.1. The lowest BCUT2D eigenvalue weighted by Crippen LogP contribution is -2.16. The number of benzene rings is 2. The van der Waals surface area contributed by atoms with Crippen LogP contribution in [0, 0.1) is 25.5 Å². The van der Waals surface area contributed by atoms with Gasteiger partial charge in [-0.3, -0.25) is 4.79 Å². The van der Waals surface area contributed by atoms with Gasteiger partial charge >= 0.3 is 0 Å². The van der Waals surface area contributed by atoms with Gasteiger partial charge in [-0.2, -0.15) is 0 Å². The molecular formula is C19H16F2N4O. The molecule has 0 saturated carbocycles. The van der Waals surface area contributed by atoms with E-state index in [9.17, 15) is 13.6 Å². The maximum Gasteiger partial charge on any atom is 0.274 e. The number of carbonyl (C=O) groups excluding carboxylic acids is 1. The van der Waals surface area contributed by atoms with E-state index in [1.54, 1.807) is 6.92 Å². The van der Waals surface area contributed by atoms with E-state index in [0.29, 0.717) is 17.7 Å². The van der Waals surface area contributed by atoms with Crippen LogP contribution in [-0.4, -0.2) is 15.9 Å². The monoisotopic (exact) mass is 354 g/mol. The van der Waals surface area contributed by atoms with Crippen molar-refractivity contribution in [2.75, 3.05) is 10.6 Å². The molecule has 1 heterocycles. The molecule has 5 nitrogen and oxygen atoms in total. The van der Waals surface area contributed by atoms with E-state index < -0.39 is 17.5 Å². The lowest BCUT2D eigenvalue weighted by Gasteiger charge is -2.10. The van der Waals surface area contributed by atoms with Crippen molar-refractivity contribution >= 4 is 23.1 Å². The molecule has 3 aromatic rings. The summed E-state index contributed by atoms with van der Waals surface area (Å²) < 4.78 is 26.7. The van der Waals surface area contributed by atoms with Gasteiger partial charge in [0.15, 0.2) is 0 Å². The number of aryl methyl sites for hydroxylation is 2. The van der Waals surface area contributed by atoms with Gasteiger partial charge in [-0.1, -0.05) is 17.7 Å². The zero-order valence-electron chi connectivity index (χ0n) is 14.2. The minimum absolute atomic E-state index is 0.0656. The Hall–Kier alpha value is -3.35. The molecule has 0 aliphatic carbocycles. The normalized spacial score (nSPS) is 10.5. The van der Waals surface area contributed by atoms with Crippen molar-refractivity contribution in [3.8, 4) is 0 Å². The predicted octanol–water partition coefficient (Wildman–Crippen LogP) is 4.37. The second kappa shape index (κ2) is 7.26. The number of nitrogens with one attached hydrogen (secondary N) is 2. The molecule has 7 heteroatoms. The van der Waals surface area contributed by atoms with Gasteiger partial charge in [0, 0.05) is 17.8 Å². The Morgan fingerprint density at radius 2 is 1.69 bits per heavy atom. The summed E-state index contributed by atoms with van der Waals surface area (Å²) in [7, 11) is 0. The first kappa shape index (κ1) is 17.5. The maximum absolute atomic E-state index is 13.7. The smallest absolute Gasteiger partial charge is 0.274 e. The van der Waals surface area contributed by atoms with Crippen molar-refractivity contribution in [3.63, 3.8) is 0 Å². The summed E-state index contributed by atoms with van der Waals surface area (Å²) in [6.45, 7) is 3.63. The van der Waals surface area contributed by atoms with Gasteiger partial charge in [-0.15, -0.1) is 0 Å². The van der Waals surface area contributed by atoms with E-state index in [-0.39, 0.29) is 11.4 Å². The molecule has 1 aromatic heterocycles. The van der Waals surface area contributed by atoms with Crippen LogP contribution in [0.2, 0.25) is 0 Å². The first-order valence-electron chi connectivity index (χ1n) is 7.86. The molecule has 0 fully saturated rings. The number of amides is 1. The highest BCUT2D eigenvalue weighted by molar-refractivity contribution is 6.03. The van der Waals surface area contributed by atoms with Crippen molar-refractivity contribution < 1.29 is 13.6 Å². The average Bonchev–Trinajstić information content (AvgIpc) is 2.59. The number of aromatic nitrogens is 2. The summed E-state index contributed by atoms with van der Waals surface area (Å²) in [5.41, 5.74) is 1.87. The number of carbonyl (C=O) groups is 1. The zero-order valence-corrected chi connectivity index (χ0v) is 14.2. The molecule has 2 aromatic carbocycles. The number of rotatable bonds is 4. The Labute approximate surface area is 149 Å². The van der Waals surface area contributed by atoms with Gasteiger partial charge in [0.1, 0.15) is 29.0 Å². The molecule has 0 radical (unpaired) electrons. The first-order valence-corrected chi connectivity index (χ1v) is 7.86. The van der Waals surface area contributed by atoms with Gasteiger partial charge < -0.3 is 10.6 Å². The van der Waals surface area contributed by atoms with Gasteiger partial charge in [0.05, 0.1) is 5.69 Å². The predicted molar refractivity (Wildman–Crippen MR) is 95.5 cm³/mol. The van der Waals surface area contributed by atoms with Crippen LogP contribution in [0.25, 0.3) is 0 Å². The zero-order chi connectivity index (χ0) is 18.7. The SMILES string of the molecule is Cc1ccc(Nc2cc(C(=O)Nc3ccc(F)cc3F)nc(C)n2)cc1. The van der Waals surface area contributed by atoms with Crippen molar-refractivity contribution in [3.05, 3.63) is 77.2 Å². The molecule has 132 valence electrons. The number of anilines is 3. The van der Waals surface area contributed by atoms with Crippen molar-refractivity contribution in [2.45, 2.75) is 13.8 Å². The molecule has 0 aliphatic heterocycles. The van der Waals surface area contributed by atoms with Crippen LogP contribution in [0.3, 0.4) is 0 Å². The fourth-order valence-corrected chi connectivity index (χ4v) is 2.31. The molecule has 0 unspecified atom stereocenters. The molecule has 0 spiro atoms. The number of hydrogen-bond acceptors (Lipinski definition) is 4. The van der Waals surface area contributed by atoms with Crippen LogP contribution >= 0.6 is 0 Å². The average molecular weight is 354 g/mol. The second-order valence-corrected chi connectivity index (χ2v) is 5.75. The quantitative estimate of drug-likeness (QED) is 0.730. The number of halogens is 2. The highest BCUT2D eigenvalue weighted by Crippen LogP contribution is 2.18. The van der Waals surface area contributed by atoms with Crippen LogP contribution in [0.4, 0.5) is 26.0 Å². The molecule has 0 saturated heterocycles. The Morgan fingerprint density at radius 3 is 2.38 bits per heavy atom. The van der Waals surface area contributed by atoms with Crippen LogP contribution < -0.4 is 10.6 Å². The summed E-state index contributed by atoms with van der Waals surface area (Å²) in [4.78, 5) is 20.7. The lowest BCUT2D eigenvalue weighted by atomic mass is 10.2. The van der Waals surface area contributed by atoms with Crippen LogP contribution in [0.15, 0.2) is 48.5 Å². The van der Waals surface area contributed by atoms with Crippen molar-refractivity contribution in [2.24, 2.45) is 0 Å². The van der Waals surface area contributed by atoms with E-state index in [2.05, 4.69) is 20.6 Å². The van der Waals surface area contributed by atoms with Gasteiger partial charge in [-0.25, -0.2) is 18.7 Å². The fourth-order valence-electron chi connectivity index (χ4n) is 2.31. The van der Waals surface area contributed by atoms with E-state index in [1.165, 1.54) is 6.07 Å². The topological polar surface area (TPSA) is 66.9 Å². The third-order valence-corrected chi connectivity index (χ3v) is 3.57. The molecule has 3 rings (SSSR count). The maximum atomic E-state index is 13.7. The highest BCUT2D eigenvalue weighted by atomic mass is 19.1. The Bertz CT molecular complexity index is 958. The lowest BCUT2D eigenvalue weighted by molar-refractivity contribution is 0.102. The van der Waals surface area contributed by atoms with E-state index in [1.807, 2.05) is 31.2 Å². The first-order chi connectivity index (χ1) is 12.4. The summed E-state index contributed by atoms with van der Waals surface area (Å²) >= 11 is 0. The third kappa shape index (κ3) is 4.18. The molecule has 1 amide bonds. The number of hydrogen-bond donors (Lipinski definition) is 2. The second-order valence-electron chi connectivity index (χ2n) is 5.75. The third-order valence-electron chi connectivity index (χ3n) is 3.57. The summed E-state index contributed by atoms with van der Waals surface area (Å²) in [6.07, 6.45) is 0. The summed E-state index contributed by atoms with van der Waals surface area (Å²) in [5.74, 6) is -1.38. The van der Waals surface area contributed by atoms with Gasteiger partial charge in [0.25, 0.3) is 5.91 Å². The Kier molecular flexibility index (Phi) is 4.88. The molecule has 2 N–H and O–H groups in total. The van der Waals surface area contributed by atoms with E-state index in [0.717, 1.165) is 23.4 Å². The van der Waals surface area contributed by atoms with Gasteiger partial charge in [-0.05, 0) is 38.1 Å². The summed E-state index contributed by atoms with van der Waals surface area (Å²) in [5, 5.41) is 5.48. The van der Waals surface area contributed by atoms with Crippen molar-refractivity contribution in [1.29, 1.82) is 0 Å². The Balaban J connectivity index is 1.82. The van der Waals surface area contributed by atoms with E-state index in [4.69, 9.17) is 0 Å². The fraction of sp³-hybridized carbons (Fsp3) is 0.105. The minimum atomic E-state index is -0.859. The Morgan fingerprint density at radius 1 is 0.962 bits per heavy atom. The highest BCUT2D eigenvalue weighted by Gasteiger charge is 2.13. The van der Waals surface area contributed by atoms with E-state index >= 15 is 0 Å². The molecule has 0 aliphatic rings. The van der Waals surface area contributed by atoms with Crippen LogP contribution in [0.1, 0.15) is 21.9 Å². The molecule has 0 bridgehead atoms. The molecular weight excluding hydrogens is 338 g/mol. The van der Waals surface area contributed by atoms with Crippen LogP contribution in [-0.2, 0) is 0 Å². The number of nitrogens with zero attached hydrogens (tertiary/aromatic N) is 2. The van der Waals surface area contributed by atoms with Crippen LogP contribution in [0.5, 0.6) is 0 Å². The molecule has 0 atom stereocenters. The largest absolute Gasteiger partial charge is 0.340 e. The van der Waals surface area contributed by atoms with Crippen molar-refractivity contribution in [1.82, 2.24) is 9.97 Å².